The fourth-order valence-electron chi connectivity index (χ4n) is 1.71. The molecule has 3 rings (SSSR count). The van der Waals surface area contributed by atoms with Crippen LogP contribution in [0.3, 0.4) is 0 Å². The molecule has 1 aromatic heterocycles. The standard InChI is InChI=1S/C13H9NS2/c15-13-11-8-4-5-9-12(11)16-14(13)10-6-2-1-3-7-10/h1-9H. The van der Waals surface area contributed by atoms with Crippen LogP contribution in [-0.4, -0.2) is 3.96 Å². The lowest BCUT2D eigenvalue weighted by Gasteiger charge is -1.99. The van der Waals surface area contributed by atoms with Gasteiger partial charge in [0.25, 0.3) is 0 Å². The highest BCUT2D eigenvalue weighted by atomic mass is 32.1. The lowest BCUT2D eigenvalue weighted by Crippen LogP contribution is -1.87. The topological polar surface area (TPSA) is 4.93 Å². The Morgan fingerprint density at radius 2 is 1.56 bits per heavy atom. The minimum atomic E-state index is 0.895. The number of para-hydroxylation sites is 1. The molecule has 0 bridgehead atoms. The second kappa shape index (κ2) is 3.85. The van der Waals surface area contributed by atoms with Crippen molar-refractivity contribution in [3.63, 3.8) is 0 Å². The number of hydrogen-bond donors (Lipinski definition) is 0. The molecule has 0 fully saturated rings. The average Bonchev–Trinajstić information content (AvgIpc) is 2.69. The Labute approximate surface area is 103 Å². The fourth-order valence-corrected chi connectivity index (χ4v) is 3.17. The Morgan fingerprint density at radius 3 is 2.31 bits per heavy atom. The van der Waals surface area contributed by atoms with Crippen LogP contribution in [0.25, 0.3) is 15.8 Å². The van der Waals surface area contributed by atoms with Gasteiger partial charge in [-0.15, -0.1) is 0 Å². The Bertz CT molecular complexity index is 680. The van der Waals surface area contributed by atoms with Gasteiger partial charge in [0.05, 0.1) is 10.4 Å². The Morgan fingerprint density at radius 1 is 0.875 bits per heavy atom. The van der Waals surface area contributed by atoms with Crippen LogP contribution >= 0.6 is 23.8 Å². The van der Waals surface area contributed by atoms with Gasteiger partial charge in [-0.2, -0.15) is 0 Å². The van der Waals surface area contributed by atoms with E-state index in [9.17, 15) is 0 Å². The zero-order valence-electron chi connectivity index (χ0n) is 8.46. The third-order valence-electron chi connectivity index (χ3n) is 2.48. The normalized spacial score (nSPS) is 10.8. The maximum atomic E-state index is 5.48. The lowest BCUT2D eigenvalue weighted by atomic mass is 10.3. The average molecular weight is 243 g/mol. The summed E-state index contributed by atoms with van der Waals surface area (Å²) in [5, 5.41) is 1.16. The van der Waals surface area contributed by atoms with E-state index in [1.54, 1.807) is 11.5 Å². The van der Waals surface area contributed by atoms with Crippen molar-refractivity contribution in [1.29, 1.82) is 0 Å². The van der Waals surface area contributed by atoms with E-state index in [4.69, 9.17) is 12.2 Å². The van der Waals surface area contributed by atoms with Gasteiger partial charge in [-0.05, 0) is 18.2 Å². The van der Waals surface area contributed by atoms with E-state index in [0.29, 0.717) is 0 Å². The van der Waals surface area contributed by atoms with Gasteiger partial charge in [0.15, 0.2) is 0 Å². The molecule has 0 unspecified atom stereocenters. The van der Waals surface area contributed by atoms with Crippen molar-refractivity contribution in [2.75, 3.05) is 0 Å². The Balaban J connectivity index is 2.34. The summed E-state index contributed by atoms with van der Waals surface area (Å²) >= 11 is 7.17. The predicted octanol–water partition coefficient (Wildman–Crippen LogP) is 4.42. The molecule has 0 aliphatic heterocycles. The highest BCUT2D eigenvalue weighted by Gasteiger charge is 2.04. The van der Waals surface area contributed by atoms with Gasteiger partial charge >= 0.3 is 0 Å². The largest absolute Gasteiger partial charge is 0.255 e. The molecule has 0 N–H and O–H groups in total. The molecule has 1 heterocycles. The molecule has 0 aliphatic carbocycles. The van der Waals surface area contributed by atoms with Gasteiger partial charge in [0.1, 0.15) is 4.64 Å². The van der Waals surface area contributed by atoms with Gasteiger partial charge in [0.2, 0.25) is 0 Å². The molecule has 0 saturated heterocycles. The number of hydrogen-bond acceptors (Lipinski definition) is 2. The van der Waals surface area contributed by atoms with Crippen molar-refractivity contribution in [3.05, 3.63) is 59.2 Å². The molecule has 0 spiro atoms. The van der Waals surface area contributed by atoms with E-state index in [1.807, 2.05) is 30.3 Å². The van der Waals surface area contributed by atoms with Crippen molar-refractivity contribution < 1.29 is 0 Å². The first-order valence-electron chi connectivity index (χ1n) is 5.03. The van der Waals surface area contributed by atoms with Gasteiger partial charge < -0.3 is 0 Å². The summed E-state index contributed by atoms with van der Waals surface area (Å²) in [4.78, 5) is 0. The van der Waals surface area contributed by atoms with Crippen LogP contribution in [-0.2, 0) is 0 Å². The molecule has 0 atom stereocenters. The highest BCUT2D eigenvalue weighted by molar-refractivity contribution is 7.71. The minimum Gasteiger partial charge on any atom is -0.255 e. The molecular weight excluding hydrogens is 234 g/mol. The molecule has 0 amide bonds. The molecule has 2 aromatic carbocycles. The summed E-state index contributed by atoms with van der Waals surface area (Å²) in [5.41, 5.74) is 1.13. The smallest absolute Gasteiger partial charge is 0.128 e. The quantitative estimate of drug-likeness (QED) is 0.573. The molecule has 0 aliphatic rings. The van der Waals surface area contributed by atoms with E-state index < -0.39 is 0 Å². The van der Waals surface area contributed by atoms with Crippen LogP contribution in [0.1, 0.15) is 0 Å². The summed E-state index contributed by atoms with van der Waals surface area (Å²) in [7, 11) is 0. The lowest BCUT2D eigenvalue weighted by molar-refractivity contribution is 1.19. The minimum absolute atomic E-state index is 0.895. The van der Waals surface area contributed by atoms with Crippen LogP contribution in [0.4, 0.5) is 0 Å². The van der Waals surface area contributed by atoms with E-state index in [0.717, 1.165) is 15.7 Å². The van der Waals surface area contributed by atoms with Crippen LogP contribution in [0.2, 0.25) is 0 Å². The SMILES string of the molecule is S=c1c2ccccc2sn1-c1ccccc1. The van der Waals surface area contributed by atoms with E-state index >= 15 is 0 Å². The maximum absolute atomic E-state index is 5.48. The Kier molecular flexibility index (Phi) is 2.35. The number of fused-ring (bicyclic) bond motifs is 1. The van der Waals surface area contributed by atoms with E-state index in [2.05, 4.69) is 28.2 Å². The first kappa shape index (κ1) is 9.75. The van der Waals surface area contributed by atoms with Gasteiger partial charge in [-0.25, -0.2) is 0 Å². The summed E-state index contributed by atoms with van der Waals surface area (Å²) in [6.45, 7) is 0. The molecule has 0 saturated carbocycles. The van der Waals surface area contributed by atoms with Gasteiger partial charge in [0, 0.05) is 5.39 Å². The zero-order valence-corrected chi connectivity index (χ0v) is 10.1. The molecule has 16 heavy (non-hydrogen) atoms. The van der Waals surface area contributed by atoms with Crippen LogP contribution < -0.4 is 0 Å². The highest BCUT2D eigenvalue weighted by Crippen LogP contribution is 2.25. The molecule has 3 aromatic rings. The van der Waals surface area contributed by atoms with E-state index in [1.165, 1.54) is 4.70 Å². The number of benzene rings is 2. The molecule has 0 radical (unpaired) electrons. The fraction of sp³-hybridized carbons (Fsp3) is 0. The van der Waals surface area contributed by atoms with E-state index in [-0.39, 0.29) is 0 Å². The first-order chi connectivity index (χ1) is 7.86. The maximum Gasteiger partial charge on any atom is 0.128 e. The second-order valence-corrected chi connectivity index (χ2v) is 4.90. The number of nitrogens with zero attached hydrogens (tertiary/aromatic N) is 1. The summed E-state index contributed by atoms with van der Waals surface area (Å²) in [6.07, 6.45) is 0. The van der Waals surface area contributed by atoms with Crippen molar-refractivity contribution in [3.8, 4) is 5.69 Å². The van der Waals surface area contributed by atoms with Crippen molar-refractivity contribution in [1.82, 2.24) is 3.96 Å². The summed E-state index contributed by atoms with van der Waals surface area (Å²) in [6, 6.07) is 18.5. The van der Waals surface area contributed by atoms with Crippen LogP contribution in [0.5, 0.6) is 0 Å². The van der Waals surface area contributed by atoms with Crippen LogP contribution in [0.15, 0.2) is 54.6 Å². The third-order valence-corrected chi connectivity index (χ3v) is 4.13. The second-order valence-electron chi connectivity index (χ2n) is 3.52. The third kappa shape index (κ3) is 1.49. The number of rotatable bonds is 1. The molecular formula is C13H9NS2. The van der Waals surface area contributed by atoms with Crippen LogP contribution in [0, 0.1) is 4.64 Å². The van der Waals surface area contributed by atoms with Crippen molar-refractivity contribution in [2.24, 2.45) is 0 Å². The molecule has 3 heteroatoms. The predicted molar refractivity (Wildman–Crippen MR) is 72.0 cm³/mol. The summed E-state index contributed by atoms with van der Waals surface area (Å²) < 4.78 is 4.23. The Hall–Kier alpha value is -1.45. The van der Waals surface area contributed by atoms with Crippen molar-refractivity contribution >= 4 is 33.8 Å². The zero-order chi connectivity index (χ0) is 11.0. The van der Waals surface area contributed by atoms with Gasteiger partial charge in [-0.3, -0.25) is 3.96 Å². The monoisotopic (exact) mass is 243 g/mol. The molecule has 78 valence electrons. The van der Waals surface area contributed by atoms with Gasteiger partial charge in [-0.1, -0.05) is 60.1 Å². The summed E-state index contributed by atoms with van der Waals surface area (Å²) in [5.74, 6) is 0. The van der Waals surface area contributed by atoms with Crippen molar-refractivity contribution in [2.45, 2.75) is 0 Å². The first-order valence-corrected chi connectivity index (χ1v) is 6.21. The number of aromatic nitrogens is 1. The molecule has 1 nitrogen and oxygen atoms in total.